The Morgan fingerprint density at radius 3 is 2.35 bits per heavy atom. The summed E-state index contributed by atoms with van der Waals surface area (Å²) in [5.41, 5.74) is 0. The fraction of sp³-hybridized carbons (Fsp3) is 0.538. The van der Waals surface area contributed by atoms with Gasteiger partial charge in [0.15, 0.2) is 0 Å². The molecular formula is C13H20BrFN2O2S. The van der Waals surface area contributed by atoms with E-state index >= 15 is 0 Å². The van der Waals surface area contributed by atoms with Crippen molar-refractivity contribution in [1.82, 2.24) is 9.21 Å². The lowest BCUT2D eigenvalue weighted by Crippen LogP contribution is -2.37. The summed E-state index contributed by atoms with van der Waals surface area (Å²) >= 11 is 3.02. The van der Waals surface area contributed by atoms with Gasteiger partial charge >= 0.3 is 0 Å². The Balaban J connectivity index is 3.05. The third-order valence-electron chi connectivity index (χ3n) is 2.80. The van der Waals surface area contributed by atoms with Gasteiger partial charge in [-0.25, -0.2) is 12.8 Å². The molecule has 114 valence electrons. The lowest BCUT2D eigenvalue weighted by Gasteiger charge is -2.23. The second-order valence-electron chi connectivity index (χ2n) is 4.78. The molecule has 4 nitrogen and oxygen atoms in total. The fourth-order valence-electron chi connectivity index (χ4n) is 1.70. The minimum absolute atomic E-state index is 0.00888. The second-order valence-corrected chi connectivity index (χ2v) is 7.58. The van der Waals surface area contributed by atoms with Gasteiger partial charge in [-0.15, -0.1) is 0 Å². The Morgan fingerprint density at radius 2 is 1.85 bits per heavy atom. The van der Waals surface area contributed by atoms with Crippen LogP contribution in [0.15, 0.2) is 27.6 Å². The van der Waals surface area contributed by atoms with Gasteiger partial charge in [0.1, 0.15) is 5.82 Å². The molecule has 0 fully saturated rings. The highest BCUT2D eigenvalue weighted by Gasteiger charge is 2.24. The molecule has 0 saturated heterocycles. The number of hydrogen-bond acceptors (Lipinski definition) is 3. The molecule has 0 saturated carbocycles. The molecule has 0 aliphatic carbocycles. The van der Waals surface area contributed by atoms with Gasteiger partial charge in [0, 0.05) is 19.6 Å². The average Bonchev–Trinajstić information content (AvgIpc) is 2.37. The van der Waals surface area contributed by atoms with Gasteiger partial charge < -0.3 is 4.90 Å². The van der Waals surface area contributed by atoms with Crippen molar-refractivity contribution in [1.29, 1.82) is 0 Å². The zero-order chi connectivity index (χ0) is 15.3. The molecule has 0 radical (unpaired) electrons. The highest BCUT2D eigenvalue weighted by atomic mass is 79.9. The predicted molar refractivity (Wildman–Crippen MR) is 81.7 cm³/mol. The minimum atomic E-state index is -3.65. The van der Waals surface area contributed by atoms with E-state index in [9.17, 15) is 12.8 Å². The van der Waals surface area contributed by atoms with Crippen molar-refractivity contribution in [2.75, 3.05) is 33.7 Å². The standard InChI is InChI=1S/C13H20BrFN2O2S/c1-4-7-17(9-8-16(2)3)20(18,19)11-5-6-12(14)13(15)10-11/h5-6,10H,4,7-9H2,1-3H3. The molecule has 0 heterocycles. The normalized spacial score (nSPS) is 12.3. The highest BCUT2D eigenvalue weighted by Crippen LogP contribution is 2.22. The van der Waals surface area contributed by atoms with Gasteiger partial charge in [-0.1, -0.05) is 6.92 Å². The smallest absolute Gasteiger partial charge is 0.243 e. The molecule has 0 atom stereocenters. The van der Waals surface area contributed by atoms with E-state index in [0.717, 1.165) is 6.07 Å². The Morgan fingerprint density at radius 1 is 1.20 bits per heavy atom. The van der Waals surface area contributed by atoms with E-state index in [1.165, 1.54) is 16.4 Å². The SMILES string of the molecule is CCCN(CCN(C)C)S(=O)(=O)c1ccc(Br)c(F)c1. The summed E-state index contributed by atoms with van der Waals surface area (Å²) in [5.74, 6) is -0.574. The van der Waals surface area contributed by atoms with E-state index in [0.29, 0.717) is 26.1 Å². The van der Waals surface area contributed by atoms with Crippen molar-refractivity contribution in [2.24, 2.45) is 0 Å². The molecule has 0 aliphatic rings. The summed E-state index contributed by atoms with van der Waals surface area (Å²) in [6, 6.07) is 3.89. The number of nitrogens with zero attached hydrogens (tertiary/aromatic N) is 2. The molecule has 1 rings (SSSR count). The number of sulfonamides is 1. The van der Waals surface area contributed by atoms with Crippen LogP contribution in [0.5, 0.6) is 0 Å². The maximum atomic E-state index is 13.5. The van der Waals surface area contributed by atoms with Crippen LogP contribution in [0.25, 0.3) is 0 Å². The molecule has 0 spiro atoms. The molecule has 0 amide bonds. The maximum absolute atomic E-state index is 13.5. The predicted octanol–water partition coefficient (Wildman–Crippen LogP) is 2.55. The molecule has 1 aromatic rings. The Bertz CT molecular complexity index is 549. The molecule has 7 heteroatoms. The van der Waals surface area contributed by atoms with Crippen LogP contribution < -0.4 is 0 Å². The summed E-state index contributed by atoms with van der Waals surface area (Å²) in [6.45, 7) is 3.35. The van der Waals surface area contributed by atoms with Gasteiger partial charge in [-0.05, 0) is 54.6 Å². The van der Waals surface area contributed by atoms with Crippen LogP contribution in [-0.2, 0) is 10.0 Å². The van der Waals surface area contributed by atoms with E-state index in [-0.39, 0.29) is 9.37 Å². The quantitative estimate of drug-likeness (QED) is 0.744. The van der Waals surface area contributed by atoms with E-state index in [1.54, 1.807) is 0 Å². The summed E-state index contributed by atoms with van der Waals surface area (Å²) in [4.78, 5) is 1.91. The molecule has 0 bridgehead atoms. The molecule has 0 aromatic heterocycles. The minimum Gasteiger partial charge on any atom is -0.308 e. The van der Waals surface area contributed by atoms with Gasteiger partial charge in [-0.3, -0.25) is 0 Å². The van der Waals surface area contributed by atoms with Crippen molar-refractivity contribution in [3.05, 3.63) is 28.5 Å². The largest absolute Gasteiger partial charge is 0.308 e. The van der Waals surface area contributed by atoms with Crippen LogP contribution in [0.1, 0.15) is 13.3 Å². The van der Waals surface area contributed by atoms with Crippen molar-refractivity contribution in [3.8, 4) is 0 Å². The molecule has 1 aromatic carbocycles. The first kappa shape index (κ1) is 17.6. The molecular weight excluding hydrogens is 347 g/mol. The first-order valence-electron chi connectivity index (χ1n) is 6.39. The van der Waals surface area contributed by atoms with Crippen LogP contribution in [0.3, 0.4) is 0 Å². The van der Waals surface area contributed by atoms with Crippen LogP contribution >= 0.6 is 15.9 Å². The molecule has 0 N–H and O–H groups in total. The molecule has 20 heavy (non-hydrogen) atoms. The number of benzene rings is 1. The summed E-state index contributed by atoms with van der Waals surface area (Å²) < 4.78 is 40.2. The van der Waals surface area contributed by atoms with Crippen molar-refractivity contribution >= 4 is 26.0 Å². The Hall–Kier alpha value is -0.500. The number of hydrogen-bond donors (Lipinski definition) is 0. The fourth-order valence-corrected chi connectivity index (χ4v) is 3.48. The van der Waals surface area contributed by atoms with Gasteiger partial charge in [-0.2, -0.15) is 4.31 Å². The Labute approximate surface area is 128 Å². The third-order valence-corrected chi connectivity index (χ3v) is 5.34. The lowest BCUT2D eigenvalue weighted by molar-refractivity contribution is 0.333. The zero-order valence-corrected chi connectivity index (χ0v) is 14.3. The average molecular weight is 367 g/mol. The molecule has 0 unspecified atom stereocenters. The second kappa shape index (κ2) is 7.49. The third kappa shape index (κ3) is 4.51. The molecule has 0 aliphatic heterocycles. The summed E-state index contributed by atoms with van der Waals surface area (Å²) in [7, 11) is 0.118. The summed E-state index contributed by atoms with van der Waals surface area (Å²) in [6.07, 6.45) is 0.714. The lowest BCUT2D eigenvalue weighted by atomic mass is 10.3. The van der Waals surface area contributed by atoms with Crippen molar-refractivity contribution in [2.45, 2.75) is 18.2 Å². The zero-order valence-electron chi connectivity index (χ0n) is 11.9. The Kier molecular flexibility index (Phi) is 6.57. The van der Waals surface area contributed by atoms with Crippen LogP contribution in [-0.4, -0.2) is 51.4 Å². The van der Waals surface area contributed by atoms with Crippen LogP contribution in [0, 0.1) is 5.82 Å². The number of halogens is 2. The van der Waals surface area contributed by atoms with E-state index in [1.807, 2.05) is 25.9 Å². The highest BCUT2D eigenvalue weighted by molar-refractivity contribution is 9.10. The van der Waals surface area contributed by atoms with E-state index in [4.69, 9.17) is 0 Å². The number of rotatable bonds is 7. The van der Waals surface area contributed by atoms with Gasteiger partial charge in [0.25, 0.3) is 0 Å². The van der Waals surface area contributed by atoms with Gasteiger partial charge in [0.05, 0.1) is 9.37 Å². The van der Waals surface area contributed by atoms with E-state index < -0.39 is 15.8 Å². The number of likely N-dealkylation sites (N-methyl/N-ethyl adjacent to an activating group) is 1. The van der Waals surface area contributed by atoms with Crippen LogP contribution in [0.2, 0.25) is 0 Å². The topological polar surface area (TPSA) is 40.6 Å². The van der Waals surface area contributed by atoms with Crippen molar-refractivity contribution in [3.63, 3.8) is 0 Å². The first-order valence-corrected chi connectivity index (χ1v) is 8.62. The maximum Gasteiger partial charge on any atom is 0.243 e. The first-order chi connectivity index (χ1) is 9.28. The van der Waals surface area contributed by atoms with Crippen molar-refractivity contribution < 1.29 is 12.8 Å². The van der Waals surface area contributed by atoms with E-state index in [2.05, 4.69) is 15.9 Å². The van der Waals surface area contributed by atoms with Crippen LogP contribution in [0.4, 0.5) is 4.39 Å². The summed E-state index contributed by atoms with van der Waals surface area (Å²) in [5, 5.41) is 0. The van der Waals surface area contributed by atoms with Gasteiger partial charge in [0.2, 0.25) is 10.0 Å². The monoisotopic (exact) mass is 366 g/mol.